The van der Waals surface area contributed by atoms with Gasteiger partial charge in [0.05, 0.1) is 6.54 Å². The molecule has 4 nitrogen and oxygen atoms in total. The summed E-state index contributed by atoms with van der Waals surface area (Å²) in [6, 6.07) is 12.9. The van der Waals surface area contributed by atoms with Gasteiger partial charge in [-0.3, -0.25) is 4.99 Å². The van der Waals surface area contributed by atoms with E-state index < -0.39 is 0 Å². The Labute approximate surface area is 154 Å². The van der Waals surface area contributed by atoms with E-state index in [4.69, 9.17) is 10.5 Å². The average Bonchev–Trinajstić information content (AvgIpc) is 2.64. The molecular formula is C21H26FN3O. The zero-order valence-electron chi connectivity index (χ0n) is 15.4. The summed E-state index contributed by atoms with van der Waals surface area (Å²) in [4.78, 5) is 4.58. The Hall–Kier alpha value is -2.40. The van der Waals surface area contributed by atoms with E-state index in [9.17, 15) is 4.39 Å². The van der Waals surface area contributed by atoms with Gasteiger partial charge in [0.25, 0.3) is 0 Å². The summed E-state index contributed by atoms with van der Waals surface area (Å²) in [5, 5.41) is 3.15. The monoisotopic (exact) mass is 355 g/mol. The summed E-state index contributed by atoms with van der Waals surface area (Å²) in [5.41, 5.74) is 10.2. The number of nitrogens with two attached hydrogens (primary N) is 1. The number of guanidine groups is 1. The van der Waals surface area contributed by atoms with Gasteiger partial charge in [0.15, 0.2) is 5.96 Å². The first-order valence-electron chi connectivity index (χ1n) is 8.96. The van der Waals surface area contributed by atoms with Crippen LogP contribution in [-0.4, -0.2) is 25.7 Å². The highest BCUT2D eigenvalue weighted by Gasteiger charge is 2.34. The number of ether oxygens (including phenoxy) is 1. The van der Waals surface area contributed by atoms with Gasteiger partial charge in [-0.05, 0) is 67.6 Å². The highest BCUT2D eigenvalue weighted by atomic mass is 19.1. The fourth-order valence-corrected chi connectivity index (χ4v) is 3.36. The van der Waals surface area contributed by atoms with Crippen LogP contribution >= 0.6 is 0 Å². The highest BCUT2D eigenvalue weighted by Crippen LogP contribution is 2.35. The standard InChI is InChI=1S/C21H26FN3O/c1-15-6-7-19(12-16(15)2)25-20(23)24-14-21(8-10-26-11-9-21)17-4-3-5-18(22)13-17/h3-7,12-13H,8-11,14H2,1-2H3,(H3,23,24,25). The van der Waals surface area contributed by atoms with Crippen molar-refractivity contribution in [2.45, 2.75) is 32.1 Å². The highest BCUT2D eigenvalue weighted by molar-refractivity contribution is 5.92. The van der Waals surface area contributed by atoms with Crippen LogP contribution < -0.4 is 11.1 Å². The summed E-state index contributed by atoms with van der Waals surface area (Å²) < 4.78 is 19.3. The topological polar surface area (TPSA) is 59.6 Å². The third-order valence-corrected chi connectivity index (χ3v) is 5.22. The Morgan fingerprint density at radius 3 is 2.62 bits per heavy atom. The molecule has 0 bridgehead atoms. The van der Waals surface area contributed by atoms with Crippen LogP contribution in [0.25, 0.3) is 0 Å². The fraction of sp³-hybridized carbons (Fsp3) is 0.381. The predicted molar refractivity (Wildman–Crippen MR) is 104 cm³/mol. The molecule has 0 unspecified atom stereocenters. The van der Waals surface area contributed by atoms with E-state index in [1.807, 2.05) is 12.1 Å². The third kappa shape index (κ3) is 4.22. The Bertz CT molecular complexity index is 798. The van der Waals surface area contributed by atoms with Crippen LogP contribution in [0, 0.1) is 19.7 Å². The zero-order chi connectivity index (χ0) is 18.6. The van der Waals surface area contributed by atoms with Gasteiger partial charge in [-0.1, -0.05) is 18.2 Å². The molecule has 3 rings (SSSR count). The molecule has 1 saturated heterocycles. The second kappa shape index (κ2) is 7.87. The van der Waals surface area contributed by atoms with Crippen molar-refractivity contribution in [1.82, 2.24) is 0 Å². The van der Waals surface area contributed by atoms with Crippen LogP contribution in [0.4, 0.5) is 10.1 Å². The van der Waals surface area contributed by atoms with Crippen molar-refractivity contribution in [2.75, 3.05) is 25.1 Å². The van der Waals surface area contributed by atoms with E-state index >= 15 is 0 Å². The second-order valence-corrected chi connectivity index (χ2v) is 7.03. The minimum absolute atomic E-state index is 0.224. The van der Waals surface area contributed by atoms with Crippen molar-refractivity contribution in [2.24, 2.45) is 10.7 Å². The van der Waals surface area contributed by atoms with Crippen LogP contribution in [0.3, 0.4) is 0 Å². The van der Waals surface area contributed by atoms with Gasteiger partial charge in [0.1, 0.15) is 5.82 Å². The lowest BCUT2D eigenvalue weighted by Gasteiger charge is -2.36. The summed E-state index contributed by atoms with van der Waals surface area (Å²) in [6.45, 7) is 5.94. The van der Waals surface area contributed by atoms with Crippen LogP contribution in [0.1, 0.15) is 29.5 Å². The molecule has 5 heteroatoms. The first kappa shape index (κ1) is 18.4. The molecule has 1 aliphatic rings. The molecule has 0 atom stereocenters. The molecule has 3 N–H and O–H groups in total. The molecule has 1 fully saturated rings. The van der Waals surface area contributed by atoms with Crippen molar-refractivity contribution < 1.29 is 9.13 Å². The molecule has 138 valence electrons. The van der Waals surface area contributed by atoms with Crippen molar-refractivity contribution in [3.05, 3.63) is 65.0 Å². The number of nitrogens with zero attached hydrogens (tertiary/aromatic N) is 1. The van der Waals surface area contributed by atoms with Crippen LogP contribution in [0.2, 0.25) is 0 Å². The van der Waals surface area contributed by atoms with Crippen molar-refractivity contribution >= 4 is 11.6 Å². The van der Waals surface area contributed by atoms with Crippen LogP contribution in [0.15, 0.2) is 47.5 Å². The second-order valence-electron chi connectivity index (χ2n) is 7.03. The van der Waals surface area contributed by atoms with Gasteiger partial charge in [-0.2, -0.15) is 0 Å². The van der Waals surface area contributed by atoms with Crippen LogP contribution in [-0.2, 0) is 10.2 Å². The van der Waals surface area contributed by atoms with Gasteiger partial charge in [-0.15, -0.1) is 0 Å². The van der Waals surface area contributed by atoms with E-state index in [2.05, 4.69) is 36.3 Å². The SMILES string of the molecule is Cc1ccc(NC(N)=NCC2(c3cccc(F)c3)CCOCC2)cc1C. The number of aryl methyl sites for hydroxylation is 2. The lowest BCUT2D eigenvalue weighted by Crippen LogP contribution is -2.38. The first-order valence-corrected chi connectivity index (χ1v) is 8.96. The number of rotatable bonds is 4. The molecule has 2 aromatic rings. The Kier molecular flexibility index (Phi) is 5.57. The van der Waals surface area contributed by atoms with E-state index in [1.165, 1.54) is 17.2 Å². The molecule has 0 amide bonds. The maximum atomic E-state index is 13.7. The van der Waals surface area contributed by atoms with Crippen molar-refractivity contribution in [3.8, 4) is 0 Å². The van der Waals surface area contributed by atoms with E-state index in [1.54, 1.807) is 12.1 Å². The van der Waals surface area contributed by atoms with Gasteiger partial charge in [0.2, 0.25) is 0 Å². The summed E-state index contributed by atoms with van der Waals surface area (Å²) >= 11 is 0. The van der Waals surface area contributed by atoms with Crippen molar-refractivity contribution in [3.63, 3.8) is 0 Å². The fourth-order valence-electron chi connectivity index (χ4n) is 3.36. The minimum atomic E-state index is -0.240. The Morgan fingerprint density at radius 1 is 1.15 bits per heavy atom. The normalized spacial score (nSPS) is 17.1. The number of hydrogen-bond acceptors (Lipinski definition) is 2. The number of halogens is 1. The maximum Gasteiger partial charge on any atom is 0.193 e. The number of nitrogens with one attached hydrogen (secondary N) is 1. The largest absolute Gasteiger partial charge is 0.381 e. The molecule has 0 saturated carbocycles. The lowest BCUT2D eigenvalue weighted by molar-refractivity contribution is 0.0530. The number of anilines is 1. The smallest absolute Gasteiger partial charge is 0.193 e. The quantitative estimate of drug-likeness (QED) is 0.646. The summed E-state index contributed by atoms with van der Waals surface area (Å²) in [5.74, 6) is 0.147. The molecule has 1 aliphatic heterocycles. The van der Waals surface area contributed by atoms with E-state index in [0.717, 1.165) is 24.1 Å². The van der Waals surface area contributed by atoms with E-state index in [-0.39, 0.29) is 11.2 Å². The average molecular weight is 355 g/mol. The van der Waals surface area contributed by atoms with E-state index in [0.29, 0.717) is 25.7 Å². The predicted octanol–water partition coefficient (Wildman–Crippen LogP) is 3.92. The molecule has 0 aliphatic carbocycles. The first-order chi connectivity index (χ1) is 12.5. The Morgan fingerprint density at radius 2 is 1.92 bits per heavy atom. The number of benzene rings is 2. The van der Waals surface area contributed by atoms with Gasteiger partial charge >= 0.3 is 0 Å². The summed E-state index contributed by atoms with van der Waals surface area (Å²) in [6.07, 6.45) is 1.60. The number of aliphatic imine (C=N–C) groups is 1. The van der Waals surface area contributed by atoms with Crippen molar-refractivity contribution in [1.29, 1.82) is 0 Å². The molecule has 1 heterocycles. The zero-order valence-corrected chi connectivity index (χ0v) is 15.4. The van der Waals surface area contributed by atoms with Gasteiger partial charge < -0.3 is 15.8 Å². The molecule has 0 spiro atoms. The molecular weight excluding hydrogens is 329 g/mol. The molecule has 26 heavy (non-hydrogen) atoms. The maximum absolute atomic E-state index is 13.7. The minimum Gasteiger partial charge on any atom is -0.381 e. The Balaban J connectivity index is 1.78. The lowest BCUT2D eigenvalue weighted by atomic mass is 9.74. The third-order valence-electron chi connectivity index (χ3n) is 5.22. The van der Waals surface area contributed by atoms with Crippen LogP contribution in [0.5, 0.6) is 0 Å². The molecule has 0 aromatic heterocycles. The molecule has 0 radical (unpaired) electrons. The summed E-state index contributed by atoms with van der Waals surface area (Å²) in [7, 11) is 0. The van der Waals surface area contributed by atoms with Gasteiger partial charge in [-0.25, -0.2) is 4.39 Å². The van der Waals surface area contributed by atoms with Gasteiger partial charge in [0, 0.05) is 24.3 Å². The number of hydrogen-bond donors (Lipinski definition) is 2. The molecule has 2 aromatic carbocycles.